The maximum absolute atomic E-state index is 11.7. The number of hydrogen-bond acceptors (Lipinski definition) is 3. The molecule has 0 amide bonds. The van der Waals surface area contributed by atoms with E-state index in [9.17, 15) is 4.79 Å². The van der Waals surface area contributed by atoms with Crippen molar-refractivity contribution in [3.8, 4) is 5.75 Å². The van der Waals surface area contributed by atoms with E-state index in [-0.39, 0.29) is 11.9 Å². The number of rotatable bonds is 4. The lowest BCUT2D eigenvalue weighted by molar-refractivity contribution is 0.0528. The summed E-state index contributed by atoms with van der Waals surface area (Å²) in [6, 6.07) is 8.10. The second-order valence-corrected chi connectivity index (χ2v) is 6.42. The van der Waals surface area contributed by atoms with Crippen molar-refractivity contribution in [3.63, 3.8) is 0 Å². The molecule has 0 spiro atoms. The highest BCUT2D eigenvalue weighted by Crippen LogP contribution is 2.48. The van der Waals surface area contributed by atoms with Crippen LogP contribution in [0.15, 0.2) is 24.3 Å². The fraction of sp³-hybridized carbons (Fsp3) is 0.588. The second kappa shape index (κ2) is 5.21. The Balaban J connectivity index is 1.85. The minimum absolute atomic E-state index is 0.0742. The molecule has 0 heterocycles. The first kappa shape index (κ1) is 13.6. The molecule has 2 fully saturated rings. The summed E-state index contributed by atoms with van der Waals surface area (Å²) < 4.78 is 6.31. The molecule has 0 radical (unpaired) electrons. The number of benzene rings is 1. The van der Waals surface area contributed by atoms with E-state index in [0.717, 1.165) is 11.7 Å². The van der Waals surface area contributed by atoms with Crippen LogP contribution in [0, 0.1) is 11.8 Å². The van der Waals surface area contributed by atoms with Gasteiger partial charge in [-0.15, -0.1) is 0 Å². The van der Waals surface area contributed by atoms with Crippen molar-refractivity contribution in [2.24, 2.45) is 11.8 Å². The lowest BCUT2D eigenvalue weighted by atomic mass is 9.91. The molecule has 3 heteroatoms. The van der Waals surface area contributed by atoms with Gasteiger partial charge in [-0.25, -0.2) is 0 Å². The van der Waals surface area contributed by atoms with Crippen LogP contribution in [0.1, 0.15) is 36.5 Å². The van der Waals surface area contributed by atoms with Gasteiger partial charge in [0.2, 0.25) is 0 Å². The van der Waals surface area contributed by atoms with Crippen LogP contribution in [-0.4, -0.2) is 36.9 Å². The molecule has 4 atom stereocenters. The molecule has 4 unspecified atom stereocenters. The number of carbonyl (C=O) groups is 1. The van der Waals surface area contributed by atoms with Crippen LogP contribution >= 0.6 is 0 Å². The summed E-state index contributed by atoms with van der Waals surface area (Å²) in [5, 5.41) is 0. The van der Waals surface area contributed by atoms with E-state index in [1.807, 2.05) is 24.3 Å². The molecule has 2 bridgehead atoms. The Morgan fingerprint density at radius 3 is 2.60 bits per heavy atom. The maximum atomic E-state index is 11.7. The van der Waals surface area contributed by atoms with Crippen molar-refractivity contribution < 1.29 is 9.53 Å². The van der Waals surface area contributed by atoms with Gasteiger partial charge in [-0.05, 0) is 64.3 Å². The highest BCUT2D eigenvalue weighted by atomic mass is 16.5. The number of carbonyl (C=O) groups excluding carboxylic acids is 1. The predicted octanol–water partition coefficient (Wildman–Crippen LogP) is 3.00. The Kier molecular flexibility index (Phi) is 3.55. The maximum Gasteiger partial charge on any atom is 0.163 e. The summed E-state index contributed by atoms with van der Waals surface area (Å²) in [4.78, 5) is 14.0. The number of nitrogens with zero attached hydrogens (tertiary/aromatic N) is 1. The van der Waals surface area contributed by atoms with Crippen LogP contribution < -0.4 is 4.74 Å². The smallest absolute Gasteiger partial charge is 0.163 e. The Hall–Kier alpha value is -1.35. The Morgan fingerprint density at radius 1 is 1.20 bits per heavy atom. The second-order valence-electron chi connectivity index (χ2n) is 6.42. The summed E-state index contributed by atoms with van der Waals surface area (Å²) in [7, 11) is 4.28. The molecule has 3 nitrogen and oxygen atoms in total. The molecule has 1 aromatic carbocycles. The average Bonchev–Trinajstić information content (AvgIpc) is 2.99. The minimum Gasteiger partial charge on any atom is -0.488 e. The molecule has 0 aromatic heterocycles. The Morgan fingerprint density at radius 2 is 1.90 bits per heavy atom. The minimum atomic E-state index is 0.0742. The van der Waals surface area contributed by atoms with Gasteiger partial charge in [0.15, 0.2) is 5.78 Å². The molecule has 2 aliphatic rings. The number of Topliss-reactive ketones (excluding diaryl/α,β-unsaturated/α-hetero) is 1. The third-order valence-electron chi connectivity index (χ3n) is 4.92. The fourth-order valence-corrected chi connectivity index (χ4v) is 4.10. The molecular weight excluding hydrogens is 250 g/mol. The molecule has 0 saturated heterocycles. The van der Waals surface area contributed by atoms with Crippen LogP contribution in [0.4, 0.5) is 0 Å². The SMILES string of the molecule is CC(=O)c1ccccc1OC1C2CCC(C2)C1N(C)C. The van der Waals surface area contributed by atoms with Crippen molar-refractivity contribution >= 4 is 5.78 Å². The summed E-state index contributed by atoms with van der Waals surface area (Å²) >= 11 is 0. The number of para-hydroxylation sites is 1. The number of ether oxygens (including phenoxy) is 1. The topological polar surface area (TPSA) is 29.5 Å². The molecule has 2 aliphatic carbocycles. The van der Waals surface area contributed by atoms with Gasteiger partial charge < -0.3 is 9.64 Å². The van der Waals surface area contributed by atoms with Crippen molar-refractivity contribution in [1.29, 1.82) is 0 Å². The van der Waals surface area contributed by atoms with E-state index in [1.54, 1.807) is 6.92 Å². The van der Waals surface area contributed by atoms with E-state index >= 15 is 0 Å². The lowest BCUT2D eigenvalue weighted by Gasteiger charge is -2.36. The van der Waals surface area contributed by atoms with Gasteiger partial charge in [0.1, 0.15) is 11.9 Å². The van der Waals surface area contributed by atoms with E-state index in [1.165, 1.54) is 19.3 Å². The average molecular weight is 273 g/mol. The summed E-state index contributed by atoms with van der Waals surface area (Å²) in [6.45, 7) is 1.60. The van der Waals surface area contributed by atoms with Crippen LogP contribution in [0.25, 0.3) is 0 Å². The van der Waals surface area contributed by atoms with Gasteiger partial charge >= 0.3 is 0 Å². The van der Waals surface area contributed by atoms with Crippen LogP contribution in [0.3, 0.4) is 0 Å². The Bertz CT molecular complexity index is 511. The van der Waals surface area contributed by atoms with Crippen molar-refractivity contribution in [3.05, 3.63) is 29.8 Å². The van der Waals surface area contributed by atoms with Crippen LogP contribution in [0.2, 0.25) is 0 Å². The molecule has 0 N–H and O–H groups in total. The summed E-state index contributed by atoms with van der Waals surface area (Å²) in [5.41, 5.74) is 0.702. The predicted molar refractivity (Wildman–Crippen MR) is 79.2 cm³/mol. The summed E-state index contributed by atoms with van der Waals surface area (Å²) in [6.07, 6.45) is 4.09. The first-order chi connectivity index (χ1) is 9.58. The normalized spacial score (nSPS) is 31.8. The molecular formula is C17H23NO2. The van der Waals surface area contributed by atoms with E-state index in [2.05, 4.69) is 19.0 Å². The zero-order valence-electron chi connectivity index (χ0n) is 12.5. The van der Waals surface area contributed by atoms with Gasteiger partial charge in [-0.2, -0.15) is 0 Å². The number of fused-ring (bicyclic) bond motifs is 2. The van der Waals surface area contributed by atoms with Crippen molar-refractivity contribution in [2.75, 3.05) is 14.1 Å². The lowest BCUT2D eigenvalue weighted by Crippen LogP contribution is -2.46. The van der Waals surface area contributed by atoms with Gasteiger partial charge in [0.25, 0.3) is 0 Å². The van der Waals surface area contributed by atoms with Crippen molar-refractivity contribution in [1.82, 2.24) is 4.90 Å². The fourth-order valence-electron chi connectivity index (χ4n) is 4.10. The first-order valence-electron chi connectivity index (χ1n) is 7.51. The molecule has 108 valence electrons. The van der Waals surface area contributed by atoms with Crippen LogP contribution in [0.5, 0.6) is 5.75 Å². The van der Waals surface area contributed by atoms with E-state index in [4.69, 9.17) is 4.74 Å². The van der Waals surface area contributed by atoms with Gasteiger partial charge in [0, 0.05) is 6.04 Å². The monoisotopic (exact) mass is 273 g/mol. The zero-order valence-corrected chi connectivity index (χ0v) is 12.5. The third-order valence-corrected chi connectivity index (χ3v) is 4.92. The molecule has 3 rings (SSSR count). The number of hydrogen-bond donors (Lipinski definition) is 0. The number of likely N-dealkylation sites (N-methyl/N-ethyl adjacent to an activating group) is 1. The van der Waals surface area contributed by atoms with Gasteiger partial charge in [-0.3, -0.25) is 4.79 Å². The van der Waals surface area contributed by atoms with Gasteiger partial charge in [-0.1, -0.05) is 12.1 Å². The van der Waals surface area contributed by atoms with E-state index < -0.39 is 0 Å². The Labute approximate surface area is 120 Å². The van der Waals surface area contributed by atoms with E-state index in [0.29, 0.717) is 17.5 Å². The largest absolute Gasteiger partial charge is 0.488 e. The molecule has 20 heavy (non-hydrogen) atoms. The van der Waals surface area contributed by atoms with Crippen LogP contribution in [-0.2, 0) is 0 Å². The first-order valence-corrected chi connectivity index (χ1v) is 7.51. The molecule has 0 aliphatic heterocycles. The highest BCUT2D eigenvalue weighted by molar-refractivity contribution is 5.96. The summed E-state index contributed by atoms with van der Waals surface area (Å²) in [5.74, 6) is 2.23. The molecule has 2 saturated carbocycles. The zero-order chi connectivity index (χ0) is 14.3. The van der Waals surface area contributed by atoms with Crippen molar-refractivity contribution in [2.45, 2.75) is 38.3 Å². The molecule has 1 aromatic rings. The highest BCUT2D eigenvalue weighted by Gasteiger charge is 2.50. The van der Waals surface area contributed by atoms with Gasteiger partial charge in [0.05, 0.1) is 5.56 Å². The quantitative estimate of drug-likeness (QED) is 0.790. The number of ketones is 1. The standard InChI is InChI=1S/C17H23NO2/c1-11(19)14-6-4-5-7-15(14)20-17-13-9-8-12(10-13)16(17)18(2)3/h4-7,12-13,16-17H,8-10H2,1-3H3. The third kappa shape index (κ3) is 2.24.